The minimum Gasteiger partial charge on any atom is -0.462 e. The zero-order valence-corrected chi connectivity index (χ0v) is 15.5. The fourth-order valence-electron chi connectivity index (χ4n) is 2.06. The normalized spacial score (nSPS) is 11.7. The van der Waals surface area contributed by atoms with Crippen molar-refractivity contribution in [2.75, 3.05) is 12.0 Å². The van der Waals surface area contributed by atoms with Crippen LogP contribution in [0.15, 0.2) is 29.4 Å². The van der Waals surface area contributed by atoms with Crippen molar-refractivity contribution >= 4 is 28.7 Å². The molecule has 24 heavy (non-hydrogen) atoms. The lowest BCUT2D eigenvalue weighted by Gasteiger charge is -2.18. The number of esters is 1. The molecule has 0 aliphatic carbocycles. The highest BCUT2D eigenvalue weighted by Gasteiger charge is 2.16. The molecule has 0 saturated heterocycles. The molecule has 5 nitrogen and oxygen atoms in total. The van der Waals surface area contributed by atoms with Crippen LogP contribution in [0.4, 0.5) is 5.13 Å². The van der Waals surface area contributed by atoms with E-state index >= 15 is 0 Å². The van der Waals surface area contributed by atoms with Gasteiger partial charge in [0.2, 0.25) is 5.13 Å². The van der Waals surface area contributed by atoms with Gasteiger partial charge in [-0.15, -0.1) is 0 Å². The number of carbonyl (C=O) groups excluding carboxylic acids is 1. The molecular weight excluding hydrogens is 322 g/mol. The first-order chi connectivity index (χ1) is 11.3. The molecule has 2 aromatic rings. The molecule has 1 heterocycles. The molecule has 0 spiro atoms. The van der Waals surface area contributed by atoms with Crippen molar-refractivity contribution in [2.24, 2.45) is 5.10 Å². The number of nitrogens with one attached hydrogen (secondary N) is 1. The number of anilines is 1. The molecule has 2 rings (SSSR count). The van der Waals surface area contributed by atoms with E-state index in [1.54, 1.807) is 20.1 Å². The number of rotatable bonds is 5. The molecule has 0 unspecified atom stereocenters. The summed E-state index contributed by atoms with van der Waals surface area (Å²) in [6.45, 7) is 10.5. The number of benzene rings is 1. The fraction of sp³-hybridized carbons (Fsp3) is 0.389. The lowest BCUT2D eigenvalue weighted by Crippen LogP contribution is -2.10. The molecule has 1 aromatic heterocycles. The van der Waals surface area contributed by atoms with Crippen molar-refractivity contribution in [1.29, 1.82) is 0 Å². The average Bonchev–Trinajstić information content (AvgIpc) is 2.88. The molecular formula is C18H23N3O2S. The SMILES string of the molecule is CCOC(=O)c1sc(N/N=C/c2ccc(C(C)(C)C)cc2)nc1C. The number of aromatic nitrogens is 1. The number of hydrogen-bond donors (Lipinski definition) is 1. The first kappa shape index (κ1) is 18.1. The van der Waals surface area contributed by atoms with Crippen molar-refractivity contribution in [3.8, 4) is 0 Å². The number of carbonyl (C=O) groups is 1. The molecule has 0 bridgehead atoms. The van der Waals surface area contributed by atoms with E-state index in [0.29, 0.717) is 22.3 Å². The smallest absolute Gasteiger partial charge is 0.350 e. The maximum Gasteiger partial charge on any atom is 0.350 e. The number of hydrazone groups is 1. The second kappa shape index (κ2) is 7.57. The highest BCUT2D eigenvalue weighted by molar-refractivity contribution is 7.17. The van der Waals surface area contributed by atoms with Gasteiger partial charge in [-0.2, -0.15) is 5.10 Å². The number of thiazole rings is 1. The summed E-state index contributed by atoms with van der Waals surface area (Å²) in [6, 6.07) is 8.27. The average molecular weight is 345 g/mol. The lowest BCUT2D eigenvalue weighted by atomic mass is 9.87. The molecule has 1 N–H and O–H groups in total. The Morgan fingerprint density at radius 1 is 1.33 bits per heavy atom. The Morgan fingerprint density at radius 3 is 2.58 bits per heavy atom. The van der Waals surface area contributed by atoms with E-state index in [1.165, 1.54) is 16.9 Å². The Balaban J connectivity index is 2.02. The largest absolute Gasteiger partial charge is 0.462 e. The predicted molar refractivity (Wildman–Crippen MR) is 99.2 cm³/mol. The van der Waals surface area contributed by atoms with Crippen LogP contribution in [0.3, 0.4) is 0 Å². The van der Waals surface area contributed by atoms with Crippen LogP contribution in [0.1, 0.15) is 54.2 Å². The molecule has 0 saturated carbocycles. The predicted octanol–water partition coefficient (Wildman–Crippen LogP) is 4.37. The van der Waals surface area contributed by atoms with E-state index in [1.807, 2.05) is 12.1 Å². The second-order valence-electron chi connectivity index (χ2n) is 6.40. The molecule has 0 radical (unpaired) electrons. The van der Waals surface area contributed by atoms with Crippen LogP contribution >= 0.6 is 11.3 Å². The van der Waals surface area contributed by atoms with Gasteiger partial charge in [-0.1, -0.05) is 56.4 Å². The van der Waals surface area contributed by atoms with Crippen LogP contribution in [-0.4, -0.2) is 23.8 Å². The molecule has 1 aromatic carbocycles. The van der Waals surface area contributed by atoms with Gasteiger partial charge < -0.3 is 4.74 Å². The number of ether oxygens (including phenoxy) is 1. The zero-order valence-electron chi connectivity index (χ0n) is 14.7. The van der Waals surface area contributed by atoms with E-state index in [-0.39, 0.29) is 11.4 Å². The molecule has 0 amide bonds. The summed E-state index contributed by atoms with van der Waals surface area (Å²) in [5.41, 5.74) is 5.92. The van der Waals surface area contributed by atoms with Gasteiger partial charge in [0.25, 0.3) is 0 Å². The van der Waals surface area contributed by atoms with E-state index in [2.05, 4.69) is 48.4 Å². The molecule has 0 aliphatic heterocycles. The van der Waals surface area contributed by atoms with Crippen molar-refractivity contribution in [1.82, 2.24) is 4.98 Å². The summed E-state index contributed by atoms with van der Waals surface area (Å²) in [4.78, 5) is 16.6. The maximum atomic E-state index is 11.8. The van der Waals surface area contributed by atoms with Gasteiger partial charge in [0.05, 0.1) is 18.5 Å². The van der Waals surface area contributed by atoms with Crippen molar-refractivity contribution in [3.63, 3.8) is 0 Å². The minimum atomic E-state index is -0.345. The van der Waals surface area contributed by atoms with Gasteiger partial charge >= 0.3 is 5.97 Å². The monoisotopic (exact) mass is 345 g/mol. The van der Waals surface area contributed by atoms with Gasteiger partial charge in [0, 0.05) is 0 Å². The third-order valence-corrected chi connectivity index (χ3v) is 4.45. The highest BCUT2D eigenvalue weighted by atomic mass is 32.1. The summed E-state index contributed by atoms with van der Waals surface area (Å²) in [5.74, 6) is -0.345. The van der Waals surface area contributed by atoms with Gasteiger partial charge in [-0.05, 0) is 30.4 Å². The van der Waals surface area contributed by atoms with Gasteiger partial charge in [-0.25, -0.2) is 9.78 Å². The minimum absolute atomic E-state index is 0.135. The van der Waals surface area contributed by atoms with Crippen LogP contribution in [-0.2, 0) is 10.2 Å². The van der Waals surface area contributed by atoms with Crippen molar-refractivity contribution < 1.29 is 9.53 Å². The Bertz CT molecular complexity index is 728. The summed E-state index contributed by atoms with van der Waals surface area (Å²) in [5, 5.41) is 4.75. The number of nitrogens with zero attached hydrogens (tertiary/aromatic N) is 2. The van der Waals surface area contributed by atoms with Crippen LogP contribution in [0.5, 0.6) is 0 Å². The van der Waals surface area contributed by atoms with E-state index in [0.717, 1.165) is 5.56 Å². The first-order valence-corrected chi connectivity index (χ1v) is 8.67. The number of hydrogen-bond acceptors (Lipinski definition) is 6. The Kier molecular flexibility index (Phi) is 5.72. The highest BCUT2D eigenvalue weighted by Crippen LogP contribution is 2.24. The first-order valence-electron chi connectivity index (χ1n) is 7.85. The Hall–Kier alpha value is -2.21. The van der Waals surface area contributed by atoms with Crippen LogP contribution in [0, 0.1) is 6.92 Å². The molecule has 128 valence electrons. The Morgan fingerprint density at radius 2 is 2.00 bits per heavy atom. The van der Waals surface area contributed by atoms with Crippen LogP contribution in [0.25, 0.3) is 0 Å². The van der Waals surface area contributed by atoms with Gasteiger partial charge in [-0.3, -0.25) is 5.43 Å². The molecule has 0 aliphatic rings. The summed E-state index contributed by atoms with van der Waals surface area (Å²) >= 11 is 1.24. The molecule has 6 heteroatoms. The fourth-order valence-corrected chi connectivity index (χ4v) is 2.87. The van der Waals surface area contributed by atoms with Crippen LogP contribution in [0.2, 0.25) is 0 Å². The third-order valence-electron chi connectivity index (χ3n) is 3.41. The van der Waals surface area contributed by atoms with E-state index in [4.69, 9.17) is 4.74 Å². The van der Waals surface area contributed by atoms with Gasteiger partial charge in [0.1, 0.15) is 4.88 Å². The maximum absolute atomic E-state index is 11.8. The summed E-state index contributed by atoms with van der Waals surface area (Å²) < 4.78 is 5.00. The lowest BCUT2D eigenvalue weighted by molar-refractivity contribution is 0.0531. The van der Waals surface area contributed by atoms with Gasteiger partial charge in [0.15, 0.2) is 0 Å². The zero-order chi connectivity index (χ0) is 17.7. The van der Waals surface area contributed by atoms with Crippen molar-refractivity contribution in [3.05, 3.63) is 46.0 Å². The topological polar surface area (TPSA) is 63.6 Å². The third kappa shape index (κ3) is 4.64. The quantitative estimate of drug-likeness (QED) is 0.496. The van der Waals surface area contributed by atoms with Crippen LogP contribution < -0.4 is 5.43 Å². The Labute approximate surface area is 146 Å². The summed E-state index contributed by atoms with van der Waals surface area (Å²) in [7, 11) is 0. The summed E-state index contributed by atoms with van der Waals surface area (Å²) in [6.07, 6.45) is 1.73. The van der Waals surface area contributed by atoms with E-state index in [9.17, 15) is 4.79 Å². The number of aryl methyl sites for hydroxylation is 1. The van der Waals surface area contributed by atoms with Crippen molar-refractivity contribution in [2.45, 2.75) is 40.0 Å². The second-order valence-corrected chi connectivity index (χ2v) is 7.40. The van der Waals surface area contributed by atoms with E-state index < -0.39 is 0 Å². The molecule has 0 fully saturated rings. The standard InChI is InChI=1S/C18H23N3O2S/c1-6-23-16(22)15-12(2)20-17(24-15)21-19-11-13-7-9-14(10-8-13)18(3,4)5/h7-11H,6H2,1-5H3,(H,20,21)/b19-11+. The molecule has 0 atom stereocenters.